The summed E-state index contributed by atoms with van der Waals surface area (Å²) in [6.07, 6.45) is 0. The fourth-order valence-electron chi connectivity index (χ4n) is 3.14. The molecule has 0 bridgehead atoms. The summed E-state index contributed by atoms with van der Waals surface area (Å²) in [4.78, 5) is 36.2. The lowest BCUT2D eigenvalue weighted by molar-refractivity contribution is -0.136. The maximum absolute atomic E-state index is 12.5. The Morgan fingerprint density at radius 1 is 0.944 bits per heavy atom. The van der Waals surface area contributed by atoms with Crippen molar-refractivity contribution in [2.45, 2.75) is 6.54 Å². The van der Waals surface area contributed by atoms with Gasteiger partial charge in [-0.05, 0) is 42.5 Å². The molecule has 1 heterocycles. The SMILES string of the molecule is O=C(NCc1ccc(Br)cc1Oc1ccc(Cl)c(Cl)c1)C(=O)Nc1cccc(-c2ccc(=O)[nH]n2)c1. The third-order valence-electron chi connectivity index (χ3n) is 4.89. The highest BCUT2D eigenvalue weighted by Gasteiger charge is 2.16. The predicted octanol–water partition coefficient (Wildman–Crippen LogP) is 5.55. The molecule has 0 aliphatic heterocycles. The molecule has 36 heavy (non-hydrogen) atoms. The minimum absolute atomic E-state index is 0.0392. The second kappa shape index (κ2) is 11.4. The smallest absolute Gasteiger partial charge is 0.313 e. The van der Waals surface area contributed by atoms with Crippen LogP contribution in [-0.2, 0) is 16.1 Å². The van der Waals surface area contributed by atoms with Crippen LogP contribution in [0.4, 0.5) is 5.69 Å². The molecule has 182 valence electrons. The van der Waals surface area contributed by atoms with Gasteiger partial charge in [0.2, 0.25) is 0 Å². The van der Waals surface area contributed by atoms with E-state index >= 15 is 0 Å². The number of carbonyl (C=O) groups excluding carboxylic acids is 2. The number of H-pyrrole nitrogens is 1. The average molecular weight is 588 g/mol. The quantitative estimate of drug-likeness (QED) is 0.256. The Morgan fingerprint density at radius 3 is 2.53 bits per heavy atom. The fourth-order valence-corrected chi connectivity index (χ4v) is 3.77. The van der Waals surface area contributed by atoms with Crippen molar-refractivity contribution < 1.29 is 14.3 Å². The summed E-state index contributed by atoms with van der Waals surface area (Å²) in [6, 6.07) is 19.8. The number of hydrogen-bond donors (Lipinski definition) is 3. The molecule has 0 atom stereocenters. The third-order valence-corrected chi connectivity index (χ3v) is 6.12. The van der Waals surface area contributed by atoms with Crippen molar-refractivity contribution in [1.29, 1.82) is 0 Å². The van der Waals surface area contributed by atoms with Crippen LogP contribution in [-0.4, -0.2) is 22.0 Å². The number of aromatic nitrogens is 2. The summed E-state index contributed by atoms with van der Waals surface area (Å²) in [6.45, 7) is 0.0392. The zero-order valence-electron chi connectivity index (χ0n) is 18.3. The number of nitrogens with zero attached hydrogens (tertiary/aromatic N) is 1. The van der Waals surface area contributed by atoms with Crippen LogP contribution < -0.4 is 20.9 Å². The van der Waals surface area contributed by atoms with E-state index in [2.05, 4.69) is 36.8 Å². The predicted molar refractivity (Wildman–Crippen MR) is 141 cm³/mol. The molecule has 0 radical (unpaired) electrons. The maximum Gasteiger partial charge on any atom is 0.313 e. The molecule has 8 nitrogen and oxygen atoms in total. The van der Waals surface area contributed by atoms with E-state index in [-0.39, 0.29) is 12.1 Å². The molecular formula is C25H17BrCl2N4O4. The monoisotopic (exact) mass is 586 g/mol. The van der Waals surface area contributed by atoms with Gasteiger partial charge in [-0.15, -0.1) is 0 Å². The van der Waals surface area contributed by atoms with Gasteiger partial charge in [-0.3, -0.25) is 14.4 Å². The molecule has 2 amide bonds. The van der Waals surface area contributed by atoms with Gasteiger partial charge < -0.3 is 15.4 Å². The molecule has 3 aromatic carbocycles. The summed E-state index contributed by atoms with van der Waals surface area (Å²) < 4.78 is 6.69. The number of aromatic amines is 1. The third kappa shape index (κ3) is 6.51. The van der Waals surface area contributed by atoms with Gasteiger partial charge in [0.1, 0.15) is 11.5 Å². The standard InChI is InChI=1S/C25H17BrCl2N4O4/c26-16-5-4-15(22(11-16)36-18-6-7-19(27)20(28)12-18)13-29-24(34)25(35)30-17-3-1-2-14(10-17)21-8-9-23(33)32-31-21/h1-12H,13H2,(H,29,34)(H,30,35)(H,32,33). The number of amides is 2. The fraction of sp³-hybridized carbons (Fsp3) is 0.0400. The summed E-state index contributed by atoms with van der Waals surface area (Å²) in [5, 5.41) is 12.2. The van der Waals surface area contributed by atoms with Gasteiger partial charge in [0.05, 0.1) is 15.7 Å². The second-order valence-electron chi connectivity index (χ2n) is 7.45. The Morgan fingerprint density at radius 2 is 1.78 bits per heavy atom. The number of halogens is 3. The summed E-state index contributed by atoms with van der Waals surface area (Å²) in [5.74, 6) is -0.745. The topological polar surface area (TPSA) is 113 Å². The molecule has 0 fully saturated rings. The first kappa shape index (κ1) is 25.4. The summed E-state index contributed by atoms with van der Waals surface area (Å²) >= 11 is 15.4. The van der Waals surface area contributed by atoms with E-state index in [1.54, 1.807) is 66.7 Å². The van der Waals surface area contributed by atoms with E-state index in [1.807, 2.05) is 0 Å². The Balaban J connectivity index is 1.41. The van der Waals surface area contributed by atoms with E-state index in [1.165, 1.54) is 6.07 Å². The van der Waals surface area contributed by atoms with Crippen molar-refractivity contribution in [1.82, 2.24) is 15.5 Å². The molecule has 0 spiro atoms. The van der Waals surface area contributed by atoms with Crippen molar-refractivity contribution in [3.63, 3.8) is 0 Å². The Hall–Kier alpha value is -3.66. The van der Waals surface area contributed by atoms with Gasteiger partial charge in [-0.1, -0.05) is 57.3 Å². The Labute approximate surface area is 223 Å². The molecule has 3 N–H and O–H groups in total. The largest absolute Gasteiger partial charge is 0.457 e. The lowest BCUT2D eigenvalue weighted by Gasteiger charge is -2.13. The number of carbonyl (C=O) groups is 2. The number of ether oxygens (including phenoxy) is 1. The molecule has 11 heteroatoms. The molecule has 0 saturated heterocycles. The van der Waals surface area contributed by atoms with Gasteiger partial charge in [0.15, 0.2) is 0 Å². The lowest BCUT2D eigenvalue weighted by Crippen LogP contribution is -2.35. The van der Waals surface area contributed by atoms with Gasteiger partial charge in [-0.2, -0.15) is 5.10 Å². The number of nitrogens with one attached hydrogen (secondary N) is 3. The average Bonchev–Trinajstić information content (AvgIpc) is 2.86. The molecule has 0 unspecified atom stereocenters. The van der Waals surface area contributed by atoms with Crippen molar-refractivity contribution in [2.24, 2.45) is 0 Å². The van der Waals surface area contributed by atoms with Crippen molar-refractivity contribution in [3.8, 4) is 22.8 Å². The van der Waals surface area contributed by atoms with E-state index < -0.39 is 11.8 Å². The van der Waals surface area contributed by atoms with Gasteiger partial charge >= 0.3 is 11.8 Å². The summed E-state index contributed by atoms with van der Waals surface area (Å²) in [7, 11) is 0. The molecule has 0 saturated carbocycles. The molecular weight excluding hydrogens is 571 g/mol. The summed E-state index contributed by atoms with van der Waals surface area (Å²) in [5.41, 5.74) is 1.88. The highest BCUT2D eigenvalue weighted by molar-refractivity contribution is 9.10. The molecule has 4 rings (SSSR count). The second-order valence-corrected chi connectivity index (χ2v) is 9.18. The van der Waals surface area contributed by atoms with Crippen LogP contribution in [0.15, 0.2) is 82.1 Å². The van der Waals surface area contributed by atoms with Crippen LogP contribution in [0.3, 0.4) is 0 Å². The van der Waals surface area contributed by atoms with E-state index in [0.717, 1.165) is 4.47 Å². The van der Waals surface area contributed by atoms with Gasteiger partial charge in [0, 0.05) is 40.0 Å². The number of benzene rings is 3. The zero-order chi connectivity index (χ0) is 25.7. The first-order valence-corrected chi connectivity index (χ1v) is 12.0. The first-order chi connectivity index (χ1) is 17.3. The van der Waals surface area contributed by atoms with Crippen LogP contribution in [0.25, 0.3) is 11.3 Å². The Kier molecular flexibility index (Phi) is 8.04. The zero-order valence-corrected chi connectivity index (χ0v) is 21.4. The highest BCUT2D eigenvalue weighted by atomic mass is 79.9. The van der Waals surface area contributed by atoms with Crippen LogP contribution in [0.2, 0.25) is 10.0 Å². The lowest BCUT2D eigenvalue weighted by atomic mass is 10.1. The first-order valence-electron chi connectivity index (χ1n) is 10.5. The van der Waals surface area contributed by atoms with Crippen LogP contribution in [0.1, 0.15) is 5.56 Å². The highest BCUT2D eigenvalue weighted by Crippen LogP contribution is 2.32. The maximum atomic E-state index is 12.5. The van der Waals surface area contributed by atoms with Crippen molar-refractivity contribution >= 4 is 56.6 Å². The minimum Gasteiger partial charge on any atom is -0.457 e. The van der Waals surface area contributed by atoms with Crippen LogP contribution in [0, 0.1) is 0 Å². The molecule has 0 aliphatic carbocycles. The van der Waals surface area contributed by atoms with Crippen molar-refractivity contribution in [2.75, 3.05) is 5.32 Å². The number of rotatable bonds is 6. The van der Waals surface area contributed by atoms with E-state index in [0.29, 0.717) is 44.1 Å². The van der Waals surface area contributed by atoms with Gasteiger partial charge in [-0.25, -0.2) is 5.10 Å². The van der Waals surface area contributed by atoms with E-state index in [4.69, 9.17) is 27.9 Å². The van der Waals surface area contributed by atoms with Gasteiger partial charge in [0.25, 0.3) is 5.56 Å². The molecule has 1 aromatic heterocycles. The van der Waals surface area contributed by atoms with Crippen molar-refractivity contribution in [3.05, 3.63) is 103 Å². The van der Waals surface area contributed by atoms with Crippen LogP contribution in [0.5, 0.6) is 11.5 Å². The Bertz CT molecular complexity index is 1490. The number of anilines is 1. The van der Waals surface area contributed by atoms with Crippen LogP contribution >= 0.6 is 39.1 Å². The molecule has 4 aromatic rings. The van der Waals surface area contributed by atoms with E-state index in [9.17, 15) is 14.4 Å². The minimum atomic E-state index is -0.842. The molecule has 0 aliphatic rings. The normalized spacial score (nSPS) is 10.5. The number of hydrogen-bond acceptors (Lipinski definition) is 5.